The van der Waals surface area contributed by atoms with Gasteiger partial charge in [-0.1, -0.05) is 13.8 Å². The Balaban J connectivity index is 1.85. The highest BCUT2D eigenvalue weighted by Crippen LogP contribution is 2.26. The third kappa shape index (κ3) is 4.85. The molecule has 0 atom stereocenters. The van der Waals surface area contributed by atoms with Gasteiger partial charge in [0.15, 0.2) is 5.82 Å². The molecule has 1 N–H and O–H groups in total. The van der Waals surface area contributed by atoms with Crippen LogP contribution in [0.5, 0.6) is 5.75 Å². The van der Waals surface area contributed by atoms with E-state index < -0.39 is 12.3 Å². The minimum Gasteiger partial charge on any atom is -0.465 e. The van der Waals surface area contributed by atoms with Gasteiger partial charge in [-0.3, -0.25) is 0 Å². The van der Waals surface area contributed by atoms with Crippen molar-refractivity contribution in [1.82, 2.24) is 19.7 Å². The van der Waals surface area contributed by atoms with Gasteiger partial charge >= 0.3 is 12.3 Å². The first-order chi connectivity index (χ1) is 14.2. The number of rotatable bonds is 6. The van der Waals surface area contributed by atoms with Crippen molar-refractivity contribution >= 4 is 17.5 Å². The van der Waals surface area contributed by atoms with Gasteiger partial charge in [-0.25, -0.2) is 19.4 Å². The smallest absolute Gasteiger partial charge is 0.465 e. The number of nitrogens with zero attached hydrogens (tertiary/aromatic N) is 4. The number of alkyl halides is 3. The van der Waals surface area contributed by atoms with Gasteiger partial charge in [0.1, 0.15) is 23.5 Å². The first kappa shape index (κ1) is 21.1. The van der Waals surface area contributed by atoms with Gasteiger partial charge in [-0.15, -0.1) is 13.2 Å². The van der Waals surface area contributed by atoms with Gasteiger partial charge in [0.2, 0.25) is 0 Å². The number of methoxy groups -OCH3 is 1. The molecule has 0 saturated heterocycles. The molecule has 0 bridgehead atoms. The zero-order chi connectivity index (χ0) is 21.9. The summed E-state index contributed by atoms with van der Waals surface area (Å²) < 4.78 is 47.0. The van der Waals surface area contributed by atoms with E-state index in [1.807, 2.05) is 13.8 Å². The molecule has 3 rings (SSSR count). The monoisotopic (exact) mass is 421 g/mol. The molecular formula is C19H18F3N5O3. The molecule has 2 aromatic heterocycles. The molecule has 0 fully saturated rings. The Kier molecular flexibility index (Phi) is 5.90. The standard InChI is InChI=1S/C19H18F3N5O3/c1-11(2)17-14(18(28)29-3)9-25-27(17)16-8-15(23-10-24-16)26-12-4-6-13(7-5-12)30-19(20,21)22/h4-11H,1-3H3,(H,23,24,26). The summed E-state index contributed by atoms with van der Waals surface area (Å²) in [5.41, 5.74) is 1.45. The summed E-state index contributed by atoms with van der Waals surface area (Å²) in [6, 6.07) is 6.81. The Morgan fingerprint density at radius 3 is 2.47 bits per heavy atom. The number of esters is 1. The van der Waals surface area contributed by atoms with E-state index in [1.165, 1.54) is 48.6 Å². The molecule has 158 valence electrons. The second-order valence-corrected chi connectivity index (χ2v) is 6.46. The lowest BCUT2D eigenvalue weighted by molar-refractivity contribution is -0.274. The maximum atomic E-state index is 12.3. The molecule has 0 aliphatic heterocycles. The quantitative estimate of drug-likeness (QED) is 0.596. The molecular weight excluding hydrogens is 403 g/mol. The summed E-state index contributed by atoms with van der Waals surface area (Å²) in [5, 5.41) is 7.22. The summed E-state index contributed by atoms with van der Waals surface area (Å²) in [6.07, 6.45) is -2.03. The molecule has 0 radical (unpaired) electrons. The van der Waals surface area contributed by atoms with E-state index in [2.05, 4.69) is 25.1 Å². The molecule has 3 aromatic rings. The molecule has 30 heavy (non-hydrogen) atoms. The van der Waals surface area contributed by atoms with Gasteiger partial charge in [-0.2, -0.15) is 5.10 Å². The van der Waals surface area contributed by atoms with Crippen LogP contribution in [0.1, 0.15) is 35.8 Å². The second-order valence-electron chi connectivity index (χ2n) is 6.46. The van der Waals surface area contributed by atoms with Crippen LogP contribution in [-0.4, -0.2) is 39.2 Å². The number of benzene rings is 1. The van der Waals surface area contributed by atoms with Crippen molar-refractivity contribution < 1.29 is 27.4 Å². The van der Waals surface area contributed by atoms with Crippen LogP contribution in [0.2, 0.25) is 0 Å². The Labute approximate surface area is 169 Å². The molecule has 0 aliphatic rings. The average molecular weight is 421 g/mol. The minimum absolute atomic E-state index is 0.0471. The Hall–Kier alpha value is -3.63. The highest BCUT2D eigenvalue weighted by atomic mass is 19.4. The Morgan fingerprint density at radius 2 is 1.87 bits per heavy atom. The molecule has 1 aromatic carbocycles. The molecule has 2 heterocycles. The molecule has 0 saturated carbocycles. The van der Waals surface area contributed by atoms with Gasteiger partial charge in [0.05, 0.1) is 19.0 Å². The molecule has 8 nitrogen and oxygen atoms in total. The number of nitrogens with one attached hydrogen (secondary N) is 1. The number of hydrogen-bond donors (Lipinski definition) is 1. The number of carbonyl (C=O) groups excluding carboxylic acids is 1. The van der Waals surface area contributed by atoms with Crippen LogP contribution in [-0.2, 0) is 4.74 Å². The third-order valence-corrected chi connectivity index (χ3v) is 3.99. The molecule has 0 amide bonds. The highest BCUT2D eigenvalue weighted by molar-refractivity contribution is 5.90. The SMILES string of the molecule is COC(=O)c1cnn(-c2cc(Nc3ccc(OC(F)(F)F)cc3)ncn2)c1C(C)C. The van der Waals surface area contributed by atoms with E-state index in [0.717, 1.165) is 0 Å². The Morgan fingerprint density at radius 1 is 1.17 bits per heavy atom. The Bertz CT molecular complexity index is 1030. The van der Waals surface area contributed by atoms with Crippen molar-refractivity contribution in [3.8, 4) is 11.6 Å². The number of anilines is 2. The molecule has 0 aliphatic carbocycles. The summed E-state index contributed by atoms with van der Waals surface area (Å²) in [6.45, 7) is 3.82. The number of hydrogen-bond acceptors (Lipinski definition) is 7. The molecule has 0 unspecified atom stereocenters. The van der Waals surface area contributed by atoms with Gasteiger partial charge in [0.25, 0.3) is 0 Å². The minimum atomic E-state index is -4.75. The predicted octanol–water partition coefficient (Wildman–Crippen LogP) is 4.21. The summed E-state index contributed by atoms with van der Waals surface area (Å²) in [7, 11) is 1.29. The lowest BCUT2D eigenvalue weighted by Crippen LogP contribution is -2.17. The largest absolute Gasteiger partial charge is 0.573 e. The summed E-state index contributed by atoms with van der Waals surface area (Å²) >= 11 is 0. The van der Waals surface area contributed by atoms with Crippen LogP contribution < -0.4 is 10.1 Å². The van der Waals surface area contributed by atoms with Gasteiger partial charge in [0, 0.05) is 11.8 Å². The van der Waals surface area contributed by atoms with E-state index in [0.29, 0.717) is 28.6 Å². The fraction of sp³-hybridized carbons (Fsp3) is 0.263. The number of halogens is 3. The van der Waals surface area contributed by atoms with Crippen molar-refractivity contribution in [2.24, 2.45) is 0 Å². The van der Waals surface area contributed by atoms with Crippen LogP contribution in [0.25, 0.3) is 5.82 Å². The first-order valence-corrected chi connectivity index (χ1v) is 8.79. The normalized spacial score (nSPS) is 11.4. The lowest BCUT2D eigenvalue weighted by Gasteiger charge is -2.13. The van der Waals surface area contributed by atoms with Crippen LogP contribution >= 0.6 is 0 Å². The summed E-state index contributed by atoms with van der Waals surface area (Å²) in [4.78, 5) is 20.3. The third-order valence-electron chi connectivity index (χ3n) is 3.99. The van der Waals surface area contributed by atoms with Crippen molar-refractivity contribution in [1.29, 1.82) is 0 Å². The van der Waals surface area contributed by atoms with Gasteiger partial charge in [-0.05, 0) is 30.2 Å². The van der Waals surface area contributed by atoms with Gasteiger partial charge < -0.3 is 14.8 Å². The zero-order valence-electron chi connectivity index (χ0n) is 16.3. The topological polar surface area (TPSA) is 91.2 Å². The van der Waals surface area contributed by atoms with E-state index in [9.17, 15) is 18.0 Å². The van der Waals surface area contributed by atoms with E-state index in [4.69, 9.17) is 4.74 Å². The van der Waals surface area contributed by atoms with Crippen molar-refractivity contribution in [2.75, 3.05) is 12.4 Å². The number of aromatic nitrogens is 4. The number of carbonyl (C=O) groups is 1. The second kappa shape index (κ2) is 8.39. The maximum Gasteiger partial charge on any atom is 0.573 e. The van der Waals surface area contributed by atoms with Crippen molar-refractivity contribution in [2.45, 2.75) is 26.1 Å². The van der Waals surface area contributed by atoms with Crippen LogP contribution in [0.15, 0.2) is 42.9 Å². The van der Waals surface area contributed by atoms with Crippen molar-refractivity contribution in [3.05, 3.63) is 54.1 Å². The average Bonchev–Trinajstić information content (AvgIpc) is 3.13. The fourth-order valence-electron chi connectivity index (χ4n) is 2.78. The van der Waals surface area contributed by atoms with E-state index >= 15 is 0 Å². The highest BCUT2D eigenvalue weighted by Gasteiger charge is 2.31. The maximum absolute atomic E-state index is 12.3. The van der Waals surface area contributed by atoms with Crippen LogP contribution in [0.3, 0.4) is 0 Å². The zero-order valence-corrected chi connectivity index (χ0v) is 16.3. The van der Waals surface area contributed by atoms with E-state index in [-0.39, 0.29) is 11.7 Å². The first-order valence-electron chi connectivity index (χ1n) is 8.79. The molecule has 11 heteroatoms. The van der Waals surface area contributed by atoms with E-state index in [1.54, 1.807) is 6.07 Å². The van der Waals surface area contributed by atoms with Crippen LogP contribution in [0, 0.1) is 0 Å². The fourth-order valence-corrected chi connectivity index (χ4v) is 2.78. The molecule has 0 spiro atoms. The number of ether oxygens (including phenoxy) is 2. The predicted molar refractivity (Wildman–Crippen MR) is 101 cm³/mol. The van der Waals surface area contributed by atoms with Crippen LogP contribution in [0.4, 0.5) is 24.7 Å². The lowest BCUT2D eigenvalue weighted by atomic mass is 10.1. The summed E-state index contributed by atoms with van der Waals surface area (Å²) in [5.74, 6) is -0.0877. The van der Waals surface area contributed by atoms with Crippen molar-refractivity contribution in [3.63, 3.8) is 0 Å².